The molecule has 0 radical (unpaired) electrons. The molecule has 0 aromatic heterocycles. The molecule has 0 aliphatic carbocycles. The Morgan fingerprint density at radius 1 is 0.864 bits per heavy atom. The minimum atomic E-state index is 0.0791. The summed E-state index contributed by atoms with van der Waals surface area (Å²) in [5.74, 6) is 0.0791. The van der Waals surface area contributed by atoms with Gasteiger partial charge in [0.05, 0.1) is 12.4 Å². The summed E-state index contributed by atoms with van der Waals surface area (Å²) in [4.78, 5) is 0. The molecule has 0 spiro atoms. The monoisotopic (exact) mass is 333 g/mol. The third-order valence-corrected chi connectivity index (χ3v) is 3.01. The van der Waals surface area contributed by atoms with Crippen LogP contribution >= 0.6 is 23.2 Å². The Labute approximate surface area is 138 Å². The molecule has 112 valence electrons. The summed E-state index contributed by atoms with van der Waals surface area (Å²) in [7, 11) is 0. The molecule has 3 N–H and O–H groups in total. The van der Waals surface area contributed by atoms with Gasteiger partial charge in [-0.25, -0.2) is 5.43 Å². The smallest absolute Gasteiger partial charge is 0.234 e. The molecule has 0 aliphatic heterocycles. The van der Waals surface area contributed by atoms with E-state index in [0.29, 0.717) is 10.0 Å². The molecule has 0 bridgehead atoms. The van der Waals surface area contributed by atoms with Crippen LogP contribution in [-0.2, 0) is 0 Å². The summed E-state index contributed by atoms with van der Waals surface area (Å²) in [5, 5.41) is 12.9. The van der Waals surface area contributed by atoms with Crippen molar-refractivity contribution in [3.05, 3.63) is 69.7 Å². The molecule has 2 rings (SSSR count). The lowest BCUT2D eigenvalue weighted by atomic mass is 10.2. The van der Waals surface area contributed by atoms with Crippen LogP contribution < -0.4 is 11.2 Å². The minimum Gasteiger partial charge on any atom is -0.367 e. The first-order valence-electron chi connectivity index (χ1n) is 6.30. The van der Waals surface area contributed by atoms with E-state index < -0.39 is 0 Å². The van der Waals surface area contributed by atoms with Gasteiger partial charge in [-0.2, -0.15) is 10.2 Å². The van der Waals surface area contributed by atoms with E-state index in [1.54, 1.807) is 36.7 Å². The molecule has 2 aromatic rings. The van der Waals surface area contributed by atoms with Crippen molar-refractivity contribution in [3.8, 4) is 0 Å². The van der Waals surface area contributed by atoms with Crippen molar-refractivity contribution >= 4 is 41.6 Å². The van der Waals surface area contributed by atoms with Gasteiger partial charge >= 0.3 is 0 Å². The normalized spacial score (nSPS) is 12.2. The zero-order chi connectivity index (χ0) is 15.8. The highest BCUT2D eigenvalue weighted by molar-refractivity contribution is 6.30. The van der Waals surface area contributed by atoms with E-state index in [9.17, 15) is 0 Å². The highest BCUT2D eigenvalue weighted by Gasteiger charge is 1.90. The van der Waals surface area contributed by atoms with Crippen LogP contribution in [0.2, 0.25) is 10.0 Å². The molecule has 0 heterocycles. The first kappa shape index (κ1) is 16.0. The van der Waals surface area contributed by atoms with Gasteiger partial charge in [0.25, 0.3) is 0 Å². The van der Waals surface area contributed by atoms with Crippen molar-refractivity contribution in [1.29, 1.82) is 0 Å². The summed E-state index contributed by atoms with van der Waals surface area (Å²) in [5.41, 5.74) is 9.94. The predicted octanol–water partition coefficient (Wildman–Crippen LogP) is 3.27. The van der Waals surface area contributed by atoms with Crippen LogP contribution in [0.25, 0.3) is 0 Å². The second-order valence-corrected chi connectivity index (χ2v) is 5.08. The fourth-order valence-corrected chi connectivity index (χ4v) is 1.70. The maximum atomic E-state index is 5.79. The number of nitrogens with two attached hydrogens (primary N) is 1. The van der Waals surface area contributed by atoms with Crippen molar-refractivity contribution in [2.24, 2.45) is 21.0 Å². The number of guanidine groups is 1. The quantitative estimate of drug-likeness (QED) is 0.512. The second-order valence-electron chi connectivity index (χ2n) is 4.20. The molecule has 0 amide bonds. The van der Waals surface area contributed by atoms with Crippen molar-refractivity contribution in [2.45, 2.75) is 0 Å². The number of nitrogens with zero attached hydrogens (tertiary/aromatic N) is 3. The fourth-order valence-electron chi connectivity index (χ4n) is 1.45. The Morgan fingerprint density at radius 3 is 1.91 bits per heavy atom. The van der Waals surface area contributed by atoms with Gasteiger partial charge in [-0.1, -0.05) is 47.5 Å². The summed E-state index contributed by atoms with van der Waals surface area (Å²) in [6.07, 6.45) is 3.16. The second kappa shape index (κ2) is 8.17. The molecule has 0 unspecified atom stereocenters. The summed E-state index contributed by atoms with van der Waals surface area (Å²) >= 11 is 11.6. The highest BCUT2D eigenvalue weighted by atomic mass is 35.5. The number of hydrazone groups is 1. The van der Waals surface area contributed by atoms with Gasteiger partial charge in [0.2, 0.25) is 5.96 Å². The lowest BCUT2D eigenvalue weighted by Gasteiger charge is -1.96. The number of nitrogens with one attached hydrogen (secondary N) is 1. The third-order valence-electron chi connectivity index (χ3n) is 2.51. The molecule has 0 fully saturated rings. The van der Waals surface area contributed by atoms with E-state index in [1.165, 1.54) is 0 Å². The number of benzene rings is 2. The first-order chi connectivity index (χ1) is 10.6. The zero-order valence-corrected chi connectivity index (χ0v) is 13.0. The van der Waals surface area contributed by atoms with E-state index >= 15 is 0 Å². The molecule has 22 heavy (non-hydrogen) atoms. The standard InChI is InChI=1S/C15H13Cl2N5/c16-13-5-1-11(2-6-13)9-19-21-15(18)22-20-10-12-3-7-14(17)8-4-12/h1-10H,(H3,18,21,22)/b19-9-,20-10?. The molecular weight excluding hydrogens is 321 g/mol. The number of rotatable bonds is 4. The largest absolute Gasteiger partial charge is 0.367 e. The molecule has 0 saturated heterocycles. The Balaban J connectivity index is 1.87. The Kier molecular flexibility index (Phi) is 5.94. The van der Waals surface area contributed by atoms with Crippen LogP contribution in [0, 0.1) is 0 Å². The topological polar surface area (TPSA) is 75.1 Å². The van der Waals surface area contributed by atoms with E-state index in [2.05, 4.69) is 20.7 Å². The third kappa shape index (κ3) is 5.55. The van der Waals surface area contributed by atoms with Crippen LogP contribution in [0.5, 0.6) is 0 Å². The lowest BCUT2D eigenvalue weighted by molar-refractivity contribution is 0.994. The van der Waals surface area contributed by atoms with Gasteiger partial charge in [-0.3, -0.25) is 0 Å². The Bertz CT molecular complexity index is 691. The Morgan fingerprint density at radius 2 is 1.36 bits per heavy atom. The summed E-state index contributed by atoms with van der Waals surface area (Å²) in [6.45, 7) is 0. The van der Waals surface area contributed by atoms with Crippen LogP contribution in [0.3, 0.4) is 0 Å². The molecule has 0 aliphatic rings. The lowest BCUT2D eigenvalue weighted by Crippen LogP contribution is -2.26. The number of hydrogen-bond donors (Lipinski definition) is 2. The van der Waals surface area contributed by atoms with Crippen molar-refractivity contribution in [2.75, 3.05) is 0 Å². The van der Waals surface area contributed by atoms with E-state index in [4.69, 9.17) is 28.9 Å². The Hall–Kier alpha value is -2.37. The summed E-state index contributed by atoms with van der Waals surface area (Å²) < 4.78 is 0. The van der Waals surface area contributed by atoms with Crippen molar-refractivity contribution in [1.82, 2.24) is 5.43 Å². The minimum absolute atomic E-state index is 0.0791. The maximum absolute atomic E-state index is 5.79. The van der Waals surface area contributed by atoms with Gasteiger partial charge in [0.1, 0.15) is 0 Å². The maximum Gasteiger partial charge on any atom is 0.234 e. The van der Waals surface area contributed by atoms with Gasteiger partial charge in [-0.05, 0) is 35.4 Å². The predicted molar refractivity (Wildman–Crippen MR) is 92.9 cm³/mol. The van der Waals surface area contributed by atoms with Crippen LogP contribution in [-0.4, -0.2) is 18.4 Å². The number of halogens is 2. The van der Waals surface area contributed by atoms with E-state index in [-0.39, 0.29) is 5.96 Å². The van der Waals surface area contributed by atoms with Crippen molar-refractivity contribution in [3.63, 3.8) is 0 Å². The van der Waals surface area contributed by atoms with E-state index in [0.717, 1.165) is 11.1 Å². The van der Waals surface area contributed by atoms with Gasteiger partial charge < -0.3 is 5.73 Å². The van der Waals surface area contributed by atoms with Gasteiger partial charge in [-0.15, -0.1) is 5.10 Å². The zero-order valence-electron chi connectivity index (χ0n) is 11.4. The SMILES string of the molecule is NC(=N/N=C\c1ccc(Cl)cc1)NN=Cc1ccc(Cl)cc1. The molecule has 7 heteroatoms. The number of hydrogen-bond acceptors (Lipinski definition) is 3. The first-order valence-corrected chi connectivity index (χ1v) is 7.06. The molecule has 0 atom stereocenters. The van der Waals surface area contributed by atoms with Crippen LogP contribution in [0.4, 0.5) is 0 Å². The molecule has 2 aromatic carbocycles. The van der Waals surface area contributed by atoms with E-state index in [1.807, 2.05) is 24.3 Å². The average Bonchev–Trinajstić information content (AvgIpc) is 2.51. The molecular formula is C15H13Cl2N5. The molecule has 5 nitrogen and oxygen atoms in total. The van der Waals surface area contributed by atoms with Gasteiger partial charge in [0.15, 0.2) is 0 Å². The highest BCUT2D eigenvalue weighted by Crippen LogP contribution is 2.08. The van der Waals surface area contributed by atoms with Gasteiger partial charge in [0, 0.05) is 10.0 Å². The fraction of sp³-hybridized carbons (Fsp3) is 0. The summed E-state index contributed by atoms with van der Waals surface area (Å²) in [6, 6.07) is 14.4. The van der Waals surface area contributed by atoms with Crippen molar-refractivity contribution < 1.29 is 0 Å². The average molecular weight is 334 g/mol. The van der Waals surface area contributed by atoms with Crippen LogP contribution in [0.15, 0.2) is 63.8 Å². The van der Waals surface area contributed by atoms with Crippen LogP contribution in [0.1, 0.15) is 11.1 Å². The molecule has 0 saturated carbocycles.